The number of ether oxygens (including phenoxy) is 1. The van der Waals surface area contributed by atoms with Crippen LogP contribution in [0.4, 0.5) is 11.4 Å². The lowest BCUT2D eigenvalue weighted by molar-refractivity contribution is -0.114. The lowest BCUT2D eigenvalue weighted by Crippen LogP contribution is -2.16. The zero-order valence-electron chi connectivity index (χ0n) is 14.9. The summed E-state index contributed by atoms with van der Waals surface area (Å²) in [5.74, 6) is -0.261. The zero-order valence-corrected chi connectivity index (χ0v) is 15.7. The second kappa shape index (κ2) is 7.57. The van der Waals surface area contributed by atoms with Gasteiger partial charge >= 0.3 is 0 Å². The number of aryl methyl sites for hydroxylation is 3. The minimum atomic E-state index is -0.330. The molecule has 0 aliphatic rings. The normalized spacial score (nSPS) is 10.3. The van der Waals surface area contributed by atoms with E-state index >= 15 is 0 Å². The molecule has 6 heteroatoms. The van der Waals surface area contributed by atoms with Gasteiger partial charge < -0.3 is 15.4 Å². The van der Waals surface area contributed by atoms with E-state index < -0.39 is 0 Å². The summed E-state index contributed by atoms with van der Waals surface area (Å²) in [7, 11) is 1.46. The number of benzene rings is 2. The Hall–Kier alpha value is -2.53. The highest BCUT2D eigenvalue weighted by Gasteiger charge is 2.18. The number of nitrogens with one attached hydrogen (secondary N) is 2. The maximum atomic E-state index is 12.7. The molecule has 2 N–H and O–H groups in total. The average Bonchev–Trinajstić information content (AvgIpc) is 2.51. The molecule has 2 rings (SSSR count). The lowest BCUT2D eigenvalue weighted by Gasteiger charge is -2.16. The Bertz CT molecular complexity index is 824. The second-order valence-electron chi connectivity index (χ2n) is 5.94. The van der Waals surface area contributed by atoms with E-state index in [4.69, 9.17) is 16.3 Å². The SMILES string of the molecule is COc1cc(NC(C)=O)c(Cl)cc1C(=O)Nc1c(C)cc(C)cc1C. The number of methoxy groups -OCH3 is 1. The molecule has 5 nitrogen and oxygen atoms in total. The van der Waals surface area contributed by atoms with Gasteiger partial charge in [-0.2, -0.15) is 0 Å². The van der Waals surface area contributed by atoms with Crippen LogP contribution in [-0.2, 0) is 4.79 Å². The molecule has 0 saturated carbocycles. The van der Waals surface area contributed by atoms with Gasteiger partial charge in [0.15, 0.2) is 0 Å². The van der Waals surface area contributed by atoms with Crippen molar-refractivity contribution in [2.45, 2.75) is 27.7 Å². The smallest absolute Gasteiger partial charge is 0.259 e. The molecule has 0 spiro atoms. The molecule has 0 unspecified atom stereocenters. The summed E-state index contributed by atoms with van der Waals surface area (Å²) < 4.78 is 5.29. The van der Waals surface area contributed by atoms with E-state index in [0.717, 1.165) is 22.4 Å². The Kier molecular flexibility index (Phi) is 5.69. The van der Waals surface area contributed by atoms with Crippen molar-refractivity contribution in [1.29, 1.82) is 0 Å². The van der Waals surface area contributed by atoms with Crippen molar-refractivity contribution in [3.63, 3.8) is 0 Å². The summed E-state index contributed by atoms with van der Waals surface area (Å²) in [6.07, 6.45) is 0. The van der Waals surface area contributed by atoms with Gasteiger partial charge in [-0.1, -0.05) is 29.3 Å². The fourth-order valence-electron chi connectivity index (χ4n) is 2.74. The molecule has 0 heterocycles. The van der Waals surface area contributed by atoms with E-state index in [0.29, 0.717) is 17.0 Å². The quantitative estimate of drug-likeness (QED) is 0.844. The Labute approximate surface area is 152 Å². The van der Waals surface area contributed by atoms with Crippen molar-refractivity contribution in [1.82, 2.24) is 0 Å². The average molecular weight is 361 g/mol. The van der Waals surface area contributed by atoms with Crippen LogP contribution in [0.25, 0.3) is 0 Å². The first-order valence-corrected chi connectivity index (χ1v) is 8.15. The molecule has 0 aromatic heterocycles. The lowest BCUT2D eigenvalue weighted by atomic mass is 10.0. The van der Waals surface area contributed by atoms with Crippen LogP contribution in [-0.4, -0.2) is 18.9 Å². The molecule has 2 aromatic carbocycles. The molecule has 0 bridgehead atoms. The van der Waals surface area contributed by atoms with E-state index in [1.807, 2.05) is 32.9 Å². The van der Waals surface area contributed by atoms with Gasteiger partial charge in [0.2, 0.25) is 5.91 Å². The van der Waals surface area contributed by atoms with E-state index in [2.05, 4.69) is 10.6 Å². The molecule has 2 amide bonds. The van der Waals surface area contributed by atoms with Gasteiger partial charge in [0.05, 0.1) is 23.4 Å². The van der Waals surface area contributed by atoms with E-state index in [1.165, 1.54) is 26.2 Å². The first kappa shape index (κ1) is 18.8. The Balaban J connectivity index is 2.39. The van der Waals surface area contributed by atoms with Crippen molar-refractivity contribution in [3.8, 4) is 5.75 Å². The molecular formula is C19H21ClN2O3. The first-order valence-electron chi connectivity index (χ1n) is 7.77. The summed E-state index contributed by atoms with van der Waals surface area (Å²) in [5.41, 5.74) is 4.54. The zero-order chi connectivity index (χ0) is 18.7. The van der Waals surface area contributed by atoms with Crippen LogP contribution < -0.4 is 15.4 Å². The topological polar surface area (TPSA) is 67.4 Å². The van der Waals surface area contributed by atoms with Gasteiger partial charge in [0, 0.05) is 18.7 Å². The third-order valence-corrected chi connectivity index (χ3v) is 4.07. The number of halogens is 1. The molecule has 0 radical (unpaired) electrons. The highest BCUT2D eigenvalue weighted by molar-refractivity contribution is 6.34. The molecule has 25 heavy (non-hydrogen) atoms. The summed E-state index contributed by atoms with van der Waals surface area (Å²) in [6, 6.07) is 7.03. The highest BCUT2D eigenvalue weighted by Crippen LogP contribution is 2.32. The number of rotatable bonds is 4. The maximum absolute atomic E-state index is 12.7. The molecule has 132 valence electrons. The minimum absolute atomic E-state index is 0.257. The van der Waals surface area contributed by atoms with Gasteiger partial charge in [-0.3, -0.25) is 9.59 Å². The summed E-state index contributed by atoms with van der Waals surface area (Å²) in [6.45, 7) is 7.28. The minimum Gasteiger partial charge on any atom is -0.496 e. The predicted octanol–water partition coefficient (Wildman–Crippen LogP) is 4.48. The molecule has 0 aliphatic heterocycles. The van der Waals surface area contributed by atoms with Gasteiger partial charge in [-0.25, -0.2) is 0 Å². The first-order chi connectivity index (χ1) is 11.7. The number of hydrogen-bond acceptors (Lipinski definition) is 3. The van der Waals surface area contributed by atoms with Crippen molar-refractivity contribution in [2.75, 3.05) is 17.7 Å². The van der Waals surface area contributed by atoms with Crippen molar-refractivity contribution in [2.24, 2.45) is 0 Å². The van der Waals surface area contributed by atoms with Crippen LogP contribution in [0.15, 0.2) is 24.3 Å². The number of amides is 2. The van der Waals surface area contributed by atoms with Gasteiger partial charge in [-0.05, 0) is 38.0 Å². The predicted molar refractivity (Wildman–Crippen MR) is 101 cm³/mol. The maximum Gasteiger partial charge on any atom is 0.259 e. The van der Waals surface area contributed by atoms with Crippen molar-refractivity contribution >= 4 is 34.8 Å². The summed E-state index contributed by atoms with van der Waals surface area (Å²) >= 11 is 6.18. The summed E-state index contributed by atoms with van der Waals surface area (Å²) in [4.78, 5) is 24.0. The van der Waals surface area contributed by atoms with Crippen LogP contribution in [0, 0.1) is 20.8 Å². The van der Waals surface area contributed by atoms with Crippen LogP contribution in [0.1, 0.15) is 34.0 Å². The highest BCUT2D eigenvalue weighted by atomic mass is 35.5. The monoisotopic (exact) mass is 360 g/mol. The van der Waals surface area contributed by atoms with E-state index in [9.17, 15) is 9.59 Å². The van der Waals surface area contributed by atoms with Crippen LogP contribution in [0.3, 0.4) is 0 Å². The fraction of sp³-hybridized carbons (Fsp3) is 0.263. The van der Waals surface area contributed by atoms with Gasteiger partial charge in [0.25, 0.3) is 5.91 Å². The fourth-order valence-corrected chi connectivity index (χ4v) is 2.95. The number of hydrogen-bond donors (Lipinski definition) is 2. The summed E-state index contributed by atoms with van der Waals surface area (Å²) in [5, 5.41) is 5.79. The molecule has 2 aromatic rings. The number of carbonyl (C=O) groups excluding carboxylic acids is 2. The molecular weight excluding hydrogens is 340 g/mol. The Morgan fingerprint density at radius 3 is 2.12 bits per heavy atom. The van der Waals surface area contributed by atoms with Crippen molar-refractivity contribution in [3.05, 3.63) is 51.5 Å². The molecule has 0 atom stereocenters. The number of carbonyl (C=O) groups is 2. The second-order valence-corrected chi connectivity index (χ2v) is 6.35. The Morgan fingerprint density at radius 2 is 1.60 bits per heavy atom. The van der Waals surface area contributed by atoms with Crippen LogP contribution >= 0.6 is 11.6 Å². The Morgan fingerprint density at radius 1 is 1.00 bits per heavy atom. The third-order valence-electron chi connectivity index (χ3n) is 3.76. The van der Waals surface area contributed by atoms with Gasteiger partial charge in [0.1, 0.15) is 5.75 Å². The van der Waals surface area contributed by atoms with E-state index in [-0.39, 0.29) is 16.8 Å². The van der Waals surface area contributed by atoms with E-state index in [1.54, 1.807) is 0 Å². The molecule has 0 aliphatic carbocycles. The molecule has 0 fully saturated rings. The van der Waals surface area contributed by atoms with Gasteiger partial charge in [-0.15, -0.1) is 0 Å². The number of anilines is 2. The van der Waals surface area contributed by atoms with Crippen molar-refractivity contribution < 1.29 is 14.3 Å². The standard InChI is InChI=1S/C19H21ClN2O3/c1-10-6-11(2)18(12(3)7-10)22-19(24)14-8-15(20)16(21-13(4)23)9-17(14)25-5/h6-9H,1-5H3,(H,21,23)(H,22,24). The molecule has 0 saturated heterocycles. The van der Waals surface area contributed by atoms with Crippen LogP contribution in [0.2, 0.25) is 5.02 Å². The van der Waals surface area contributed by atoms with Crippen LogP contribution in [0.5, 0.6) is 5.75 Å². The third kappa shape index (κ3) is 4.31. The largest absolute Gasteiger partial charge is 0.496 e.